The van der Waals surface area contributed by atoms with Crippen LogP contribution in [0.4, 0.5) is 5.69 Å². The molecule has 0 heterocycles. The molecule has 1 amide bonds. The normalized spacial score (nSPS) is 10.6. The van der Waals surface area contributed by atoms with Crippen LogP contribution in [0.3, 0.4) is 0 Å². The molecular weight excluding hydrogens is 334 g/mol. The molecule has 7 nitrogen and oxygen atoms in total. The lowest BCUT2D eigenvalue weighted by Crippen LogP contribution is -2.24. The Kier molecular flexibility index (Phi) is 5.86. The zero-order chi connectivity index (χ0) is 17.5. The van der Waals surface area contributed by atoms with Crippen molar-refractivity contribution in [3.8, 4) is 5.75 Å². The van der Waals surface area contributed by atoms with Gasteiger partial charge < -0.3 is 4.74 Å². The highest BCUT2D eigenvalue weighted by Gasteiger charge is 2.05. The molecule has 0 aliphatic rings. The number of rotatable bonds is 6. The van der Waals surface area contributed by atoms with Crippen LogP contribution >= 0.6 is 11.6 Å². The van der Waals surface area contributed by atoms with Gasteiger partial charge in [-0.1, -0.05) is 23.7 Å². The van der Waals surface area contributed by atoms with Crippen LogP contribution in [-0.4, -0.2) is 23.7 Å². The topological polar surface area (TPSA) is 93.8 Å². The molecule has 0 atom stereocenters. The summed E-state index contributed by atoms with van der Waals surface area (Å²) in [5, 5.41) is 15.0. The average molecular weight is 348 g/mol. The predicted molar refractivity (Wildman–Crippen MR) is 90.5 cm³/mol. The van der Waals surface area contributed by atoms with Crippen molar-refractivity contribution >= 4 is 29.4 Å². The molecule has 0 aliphatic carbocycles. The van der Waals surface area contributed by atoms with E-state index in [1.807, 2.05) is 6.92 Å². The summed E-state index contributed by atoms with van der Waals surface area (Å²) in [5.74, 6) is 0.0685. The summed E-state index contributed by atoms with van der Waals surface area (Å²) < 4.78 is 5.32. The molecule has 124 valence electrons. The summed E-state index contributed by atoms with van der Waals surface area (Å²) >= 11 is 5.90. The number of benzene rings is 2. The van der Waals surface area contributed by atoms with Gasteiger partial charge in [-0.2, -0.15) is 5.10 Å². The van der Waals surface area contributed by atoms with E-state index in [4.69, 9.17) is 16.3 Å². The van der Waals surface area contributed by atoms with Crippen LogP contribution in [0, 0.1) is 17.0 Å². The van der Waals surface area contributed by atoms with Gasteiger partial charge in [0.1, 0.15) is 5.75 Å². The second-order valence-corrected chi connectivity index (χ2v) is 5.25. The van der Waals surface area contributed by atoms with Crippen molar-refractivity contribution in [1.82, 2.24) is 5.43 Å². The van der Waals surface area contributed by atoms with Crippen LogP contribution in [0.25, 0.3) is 0 Å². The Morgan fingerprint density at radius 1 is 1.38 bits per heavy atom. The van der Waals surface area contributed by atoms with Crippen molar-refractivity contribution in [1.29, 1.82) is 0 Å². The molecule has 0 spiro atoms. The van der Waals surface area contributed by atoms with Crippen LogP contribution in [0.15, 0.2) is 47.6 Å². The number of nitro benzene ring substituents is 1. The third-order valence-corrected chi connectivity index (χ3v) is 3.41. The Balaban J connectivity index is 1.85. The van der Waals surface area contributed by atoms with Gasteiger partial charge in [0.25, 0.3) is 11.6 Å². The summed E-state index contributed by atoms with van der Waals surface area (Å²) in [6, 6.07) is 11.0. The van der Waals surface area contributed by atoms with Crippen molar-refractivity contribution in [2.24, 2.45) is 5.10 Å². The molecule has 0 aliphatic heterocycles. The number of non-ortho nitro benzene ring substituents is 1. The SMILES string of the molecule is Cc1cc(OCC(=O)NN=Cc2cccc([N+](=O)[O-])c2)ccc1Cl. The minimum Gasteiger partial charge on any atom is -0.484 e. The van der Waals surface area contributed by atoms with Crippen molar-refractivity contribution in [3.63, 3.8) is 0 Å². The molecule has 1 N–H and O–H groups in total. The number of carbonyl (C=O) groups excluding carboxylic acids is 1. The Morgan fingerprint density at radius 2 is 2.17 bits per heavy atom. The van der Waals surface area contributed by atoms with E-state index in [1.165, 1.54) is 24.4 Å². The average Bonchev–Trinajstić information content (AvgIpc) is 2.56. The molecule has 0 radical (unpaired) electrons. The lowest BCUT2D eigenvalue weighted by molar-refractivity contribution is -0.384. The maximum absolute atomic E-state index is 11.6. The first-order chi connectivity index (χ1) is 11.5. The summed E-state index contributed by atoms with van der Waals surface area (Å²) in [6.07, 6.45) is 1.32. The minimum atomic E-state index is -0.502. The number of hydrazone groups is 1. The Morgan fingerprint density at radius 3 is 2.88 bits per heavy atom. The number of ether oxygens (including phenoxy) is 1. The number of nitro groups is 1. The Bertz CT molecular complexity index is 793. The van der Waals surface area contributed by atoms with E-state index in [1.54, 1.807) is 24.3 Å². The zero-order valence-corrected chi connectivity index (χ0v) is 13.5. The van der Waals surface area contributed by atoms with Crippen LogP contribution in [0.5, 0.6) is 5.75 Å². The fraction of sp³-hybridized carbons (Fsp3) is 0.125. The first-order valence-corrected chi connectivity index (χ1v) is 7.29. The molecule has 0 bridgehead atoms. The molecular formula is C16H14ClN3O4. The van der Waals surface area contributed by atoms with E-state index < -0.39 is 10.8 Å². The summed E-state index contributed by atoms with van der Waals surface area (Å²) in [4.78, 5) is 21.8. The first kappa shape index (κ1) is 17.4. The minimum absolute atomic E-state index is 0.0493. The monoisotopic (exact) mass is 347 g/mol. The first-order valence-electron chi connectivity index (χ1n) is 6.91. The summed E-state index contributed by atoms with van der Waals surface area (Å²) in [5.41, 5.74) is 3.58. The largest absolute Gasteiger partial charge is 0.484 e. The van der Waals surface area contributed by atoms with Gasteiger partial charge in [-0.3, -0.25) is 14.9 Å². The predicted octanol–water partition coefficient (Wildman–Crippen LogP) is 3.09. The van der Waals surface area contributed by atoms with Crippen LogP contribution < -0.4 is 10.2 Å². The number of amides is 1. The van der Waals surface area contributed by atoms with Gasteiger partial charge >= 0.3 is 0 Å². The van der Waals surface area contributed by atoms with Crippen molar-refractivity contribution in [2.75, 3.05) is 6.61 Å². The number of halogens is 1. The summed E-state index contributed by atoms with van der Waals surface area (Å²) in [7, 11) is 0. The smallest absolute Gasteiger partial charge is 0.277 e. The molecule has 24 heavy (non-hydrogen) atoms. The molecule has 0 saturated carbocycles. The Hall–Kier alpha value is -2.93. The van der Waals surface area contributed by atoms with E-state index in [0.717, 1.165) is 5.56 Å². The van der Waals surface area contributed by atoms with Gasteiger partial charge in [-0.25, -0.2) is 5.43 Å². The number of aryl methyl sites for hydroxylation is 1. The highest BCUT2D eigenvalue weighted by Crippen LogP contribution is 2.20. The van der Waals surface area contributed by atoms with Crippen LogP contribution in [-0.2, 0) is 4.79 Å². The lowest BCUT2D eigenvalue weighted by atomic mass is 10.2. The molecule has 8 heteroatoms. The number of nitrogens with zero attached hydrogens (tertiary/aromatic N) is 2. The second kappa shape index (κ2) is 8.07. The Labute approximate surface area is 143 Å². The third-order valence-electron chi connectivity index (χ3n) is 2.98. The third kappa shape index (κ3) is 5.06. The van der Waals surface area contributed by atoms with Gasteiger partial charge in [0.2, 0.25) is 0 Å². The van der Waals surface area contributed by atoms with E-state index in [2.05, 4.69) is 10.5 Å². The van der Waals surface area contributed by atoms with E-state index >= 15 is 0 Å². The van der Waals surface area contributed by atoms with Crippen LogP contribution in [0.1, 0.15) is 11.1 Å². The number of nitrogens with one attached hydrogen (secondary N) is 1. The van der Waals surface area contributed by atoms with Crippen molar-refractivity contribution in [3.05, 3.63) is 68.7 Å². The highest BCUT2D eigenvalue weighted by atomic mass is 35.5. The van der Waals surface area contributed by atoms with Gasteiger partial charge in [0, 0.05) is 22.7 Å². The number of carbonyl (C=O) groups is 1. The van der Waals surface area contributed by atoms with Crippen LogP contribution in [0.2, 0.25) is 5.02 Å². The molecule has 0 aromatic heterocycles. The quantitative estimate of drug-likeness (QED) is 0.493. The van der Waals surface area contributed by atoms with Gasteiger partial charge in [-0.15, -0.1) is 0 Å². The molecule has 0 fully saturated rings. The maximum atomic E-state index is 11.6. The summed E-state index contributed by atoms with van der Waals surface area (Å²) in [6.45, 7) is 1.62. The van der Waals surface area contributed by atoms with Gasteiger partial charge in [-0.05, 0) is 30.7 Å². The van der Waals surface area contributed by atoms with E-state index in [9.17, 15) is 14.9 Å². The van der Waals surface area contributed by atoms with E-state index in [0.29, 0.717) is 16.3 Å². The van der Waals surface area contributed by atoms with E-state index in [-0.39, 0.29) is 12.3 Å². The zero-order valence-electron chi connectivity index (χ0n) is 12.7. The number of hydrogen-bond donors (Lipinski definition) is 1. The molecule has 2 aromatic carbocycles. The lowest BCUT2D eigenvalue weighted by Gasteiger charge is -2.06. The van der Waals surface area contributed by atoms with Gasteiger partial charge in [0.15, 0.2) is 6.61 Å². The van der Waals surface area contributed by atoms with Crippen molar-refractivity contribution < 1.29 is 14.5 Å². The molecule has 0 unspecified atom stereocenters. The molecule has 0 saturated heterocycles. The second-order valence-electron chi connectivity index (χ2n) is 4.84. The number of hydrogen-bond acceptors (Lipinski definition) is 5. The van der Waals surface area contributed by atoms with Gasteiger partial charge in [0.05, 0.1) is 11.1 Å². The fourth-order valence-corrected chi connectivity index (χ4v) is 1.90. The fourth-order valence-electron chi connectivity index (χ4n) is 1.79. The molecule has 2 rings (SSSR count). The highest BCUT2D eigenvalue weighted by molar-refractivity contribution is 6.31. The molecule has 2 aromatic rings. The maximum Gasteiger partial charge on any atom is 0.277 e. The standard InChI is InChI=1S/C16H14ClN3O4/c1-11-7-14(5-6-15(11)17)24-10-16(21)19-18-9-12-3-2-4-13(8-12)20(22)23/h2-9H,10H2,1H3,(H,19,21). The van der Waals surface area contributed by atoms with Crippen molar-refractivity contribution in [2.45, 2.75) is 6.92 Å².